The summed E-state index contributed by atoms with van der Waals surface area (Å²) >= 11 is 0. The second-order valence-electron chi connectivity index (χ2n) is 7.69. The van der Waals surface area contributed by atoms with Crippen LogP contribution in [0.3, 0.4) is 0 Å². The predicted molar refractivity (Wildman–Crippen MR) is 81.9 cm³/mol. The topological polar surface area (TPSA) is 12.0 Å². The SMILES string of the molecule is CCCNC(CCC(C)(C)C)C1CCCC(C)C1. The van der Waals surface area contributed by atoms with Crippen molar-refractivity contribution in [2.75, 3.05) is 6.54 Å². The zero-order chi connectivity index (χ0) is 13.6. The van der Waals surface area contributed by atoms with E-state index in [1.54, 1.807) is 0 Å². The van der Waals surface area contributed by atoms with Gasteiger partial charge in [-0.1, -0.05) is 47.5 Å². The molecule has 0 aromatic carbocycles. The average molecular weight is 253 g/mol. The van der Waals surface area contributed by atoms with Crippen molar-refractivity contribution in [2.45, 2.75) is 85.6 Å². The van der Waals surface area contributed by atoms with Crippen molar-refractivity contribution in [1.82, 2.24) is 5.32 Å². The lowest BCUT2D eigenvalue weighted by molar-refractivity contribution is 0.199. The second-order valence-corrected chi connectivity index (χ2v) is 7.69. The first-order valence-corrected chi connectivity index (χ1v) is 8.15. The molecule has 1 heteroatoms. The van der Waals surface area contributed by atoms with Crippen molar-refractivity contribution in [3.8, 4) is 0 Å². The molecule has 1 aliphatic rings. The molecule has 1 rings (SSSR count). The van der Waals surface area contributed by atoms with E-state index in [1.807, 2.05) is 0 Å². The molecule has 0 amide bonds. The molecule has 3 unspecified atom stereocenters. The molecule has 0 spiro atoms. The van der Waals surface area contributed by atoms with Gasteiger partial charge in [0.1, 0.15) is 0 Å². The van der Waals surface area contributed by atoms with Crippen LogP contribution in [-0.4, -0.2) is 12.6 Å². The number of hydrogen-bond donors (Lipinski definition) is 1. The predicted octanol–water partition coefficient (Wildman–Crippen LogP) is 5.01. The highest BCUT2D eigenvalue weighted by Gasteiger charge is 2.27. The summed E-state index contributed by atoms with van der Waals surface area (Å²) in [4.78, 5) is 0. The lowest BCUT2D eigenvalue weighted by Crippen LogP contribution is -2.39. The molecule has 1 nitrogen and oxygen atoms in total. The third-order valence-electron chi connectivity index (χ3n) is 4.41. The molecule has 18 heavy (non-hydrogen) atoms. The fourth-order valence-electron chi connectivity index (χ4n) is 3.27. The molecule has 0 radical (unpaired) electrons. The zero-order valence-electron chi connectivity index (χ0n) is 13.4. The van der Waals surface area contributed by atoms with Gasteiger partial charge in [0.25, 0.3) is 0 Å². The van der Waals surface area contributed by atoms with Crippen LogP contribution < -0.4 is 5.32 Å². The summed E-state index contributed by atoms with van der Waals surface area (Å²) in [5.74, 6) is 1.88. The lowest BCUT2D eigenvalue weighted by Gasteiger charge is -2.35. The molecule has 0 bridgehead atoms. The first-order chi connectivity index (χ1) is 8.42. The Morgan fingerprint density at radius 3 is 2.50 bits per heavy atom. The van der Waals surface area contributed by atoms with Gasteiger partial charge in [-0.3, -0.25) is 0 Å². The molecule has 0 saturated heterocycles. The average Bonchev–Trinajstić information content (AvgIpc) is 2.28. The monoisotopic (exact) mass is 253 g/mol. The van der Waals surface area contributed by atoms with Gasteiger partial charge in [0.05, 0.1) is 0 Å². The molecule has 0 aromatic heterocycles. The highest BCUT2D eigenvalue weighted by molar-refractivity contribution is 4.82. The van der Waals surface area contributed by atoms with Gasteiger partial charge in [-0.2, -0.15) is 0 Å². The van der Waals surface area contributed by atoms with Crippen LogP contribution in [0.4, 0.5) is 0 Å². The van der Waals surface area contributed by atoms with Crippen molar-refractivity contribution >= 4 is 0 Å². The van der Waals surface area contributed by atoms with Gasteiger partial charge >= 0.3 is 0 Å². The Balaban J connectivity index is 2.48. The minimum atomic E-state index is 0.479. The van der Waals surface area contributed by atoms with E-state index in [1.165, 1.54) is 51.5 Å². The van der Waals surface area contributed by atoms with E-state index in [0.29, 0.717) is 5.41 Å². The molecule has 0 aromatic rings. The Labute approximate surface area is 115 Å². The van der Waals surface area contributed by atoms with Crippen LogP contribution in [0.5, 0.6) is 0 Å². The third kappa shape index (κ3) is 6.22. The van der Waals surface area contributed by atoms with E-state index in [2.05, 4.69) is 39.9 Å². The molecule has 1 N–H and O–H groups in total. The van der Waals surface area contributed by atoms with Gasteiger partial charge in [0.2, 0.25) is 0 Å². The van der Waals surface area contributed by atoms with E-state index in [4.69, 9.17) is 0 Å². The zero-order valence-corrected chi connectivity index (χ0v) is 13.4. The van der Waals surface area contributed by atoms with Crippen molar-refractivity contribution in [3.63, 3.8) is 0 Å². The van der Waals surface area contributed by atoms with Crippen LogP contribution in [0.2, 0.25) is 0 Å². The Kier molecular flexibility index (Phi) is 6.70. The van der Waals surface area contributed by atoms with E-state index < -0.39 is 0 Å². The molecule has 3 atom stereocenters. The summed E-state index contributed by atoms with van der Waals surface area (Å²) in [6, 6.07) is 0.770. The van der Waals surface area contributed by atoms with Gasteiger partial charge in [0.15, 0.2) is 0 Å². The summed E-state index contributed by atoms with van der Waals surface area (Å²) < 4.78 is 0. The minimum Gasteiger partial charge on any atom is -0.314 e. The van der Waals surface area contributed by atoms with Gasteiger partial charge in [-0.05, 0) is 55.9 Å². The van der Waals surface area contributed by atoms with E-state index in [0.717, 1.165) is 17.9 Å². The Hall–Kier alpha value is -0.0400. The number of hydrogen-bond acceptors (Lipinski definition) is 1. The van der Waals surface area contributed by atoms with Crippen LogP contribution in [0.25, 0.3) is 0 Å². The van der Waals surface area contributed by atoms with E-state index in [9.17, 15) is 0 Å². The maximum atomic E-state index is 3.83. The Bertz CT molecular complexity index is 216. The standard InChI is InChI=1S/C17H35N/c1-6-12-18-16(10-11-17(3,4)5)15-9-7-8-14(2)13-15/h14-16,18H,6-13H2,1-5H3. The van der Waals surface area contributed by atoms with Gasteiger partial charge in [0, 0.05) is 6.04 Å². The fourth-order valence-corrected chi connectivity index (χ4v) is 3.27. The van der Waals surface area contributed by atoms with Gasteiger partial charge < -0.3 is 5.32 Å². The minimum absolute atomic E-state index is 0.479. The van der Waals surface area contributed by atoms with Crippen LogP contribution in [0.1, 0.15) is 79.6 Å². The van der Waals surface area contributed by atoms with Crippen molar-refractivity contribution in [3.05, 3.63) is 0 Å². The first-order valence-electron chi connectivity index (χ1n) is 8.15. The van der Waals surface area contributed by atoms with Gasteiger partial charge in [-0.15, -0.1) is 0 Å². The molecule has 0 heterocycles. The molecular formula is C17H35N. The number of nitrogens with one attached hydrogen (secondary N) is 1. The van der Waals surface area contributed by atoms with E-state index in [-0.39, 0.29) is 0 Å². The molecule has 0 aliphatic heterocycles. The summed E-state index contributed by atoms with van der Waals surface area (Å²) in [5, 5.41) is 3.83. The molecular weight excluding hydrogens is 218 g/mol. The summed E-state index contributed by atoms with van der Waals surface area (Å²) in [5.41, 5.74) is 0.479. The lowest BCUT2D eigenvalue weighted by atomic mass is 9.76. The van der Waals surface area contributed by atoms with Crippen LogP contribution in [0.15, 0.2) is 0 Å². The third-order valence-corrected chi connectivity index (χ3v) is 4.41. The molecule has 1 saturated carbocycles. The second kappa shape index (κ2) is 7.53. The molecule has 108 valence electrons. The number of rotatable bonds is 6. The van der Waals surface area contributed by atoms with Crippen molar-refractivity contribution in [2.24, 2.45) is 17.3 Å². The fraction of sp³-hybridized carbons (Fsp3) is 1.00. The van der Waals surface area contributed by atoms with Gasteiger partial charge in [-0.25, -0.2) is 0 Å². The quantitative estimate of drug-likeness (QED) is 0.702. The summed E-state index contributed by atoms with van der Waals surface area (Å²) in [6.45, 7) is 13.0. The highest BCUT2D eigenvalue weighted by Crippen LogP contribution is 2.33. The molecule has 1 fully saturated rings. The van der Waals surface area contributed by atoms with Crippen LogP contribution in [0, 0.1) is 17.3 Å². The highest BCUT2D eigenvalue weighted by atomic mass is 14.9. The van der Waals surface area contributed by atoms with Crippen molar-refractivity contribution < 1.29 is 0 Å². The van der Waals surface area contributed by atoms with E-state index >= 15 is 0 Å². The molecule has 1 aliphatic carbocycles. The Morgan fingerprint density at radius 2 is 1.94 bits per heavy atom. The smallest absolute Gasteiger partial charge is 0.00956 e. The first kappa shape index (κ1) is 16.0. The largest absolute Gasteiger partial charge is 0.314 e. The summed E-state index contributed by atoms with van der Waals surface area (Å²) in [6.07, 6.45) is 9.78. The maximum absolute atomic E-state index is 3.83. The van der Waals surface area contributed by atoms with Crippen LogP contribution in [-0.2, 0) is 0 Å². The Morgan fingerprint density at radius 1 is 1.22 bits per heavy atom. The maximum Gasteiger partial charge on any atom is 0.00956 e. The summed E-state index contributed by atoms with van der Waals surface area (Å²) in [7, 11) is 0. The normalized spacial score (nSPS) is 27.2. The van der Waals surface area contributed by atoms with Crippen LogP contribution >= 0.6 is 0 Å². The van der Waals surface area contributed by atoms with Crippen molar-refractivity contribution in [1.29, 1.82) is 0 Å².